The van der Waals surface area contributed by atoms with Crippen LogP contribution in [0.2, 0.25) is 5.02 Å². The smallest absolute Gasteiger partial charge is 0.142 e. The molecule has 0 saturated heterocycles. The van der Waals surface area contributed by atoms with Crippen LogP contribution in [0.15, 0.2) is 73.0 Å². The van der Waals surface area contributed by atoms with Gasteiger partial charge in [-0.1, -0.05) is 23.7 Å². The molecule has 0 amide bonds. The number of hydrogen-bond donors (Lipinski definition) is 4. The van der Waals surface area contributed by atoms with Gasteiger partial charge in [0.05, 0.1) is 40.6 Å². The highest BCUT2D eigenvalue weighted by Crippen LogP contribution is 2.39. The number of benzene rings is 1. The zero-order valence-electron chi connectivity index (χ0n) is 24.7. The number of pyridine rings is 1. The molecular formula is C32H37ClN6O4S. The predicted octanol–water partition coefficient (Wildman–Crippen LogP) is 5.44. The van der Waals surface area contributed by atoms with Gasteiger partial charge in [-0.2, -0.15) is 0 Å². The van der Waals surface area contributed by atoms with Gasteiger partial charge in [-0.25, -0.2) is 9.97 Å². The molecule has 1 aromatic carbocycles. The second-order valence-electron chi connectivity index (χ2n) is 10.8. The van der Waals surface area contributed by atoms with E-state index in [-0.39, 0.29) is 0 Å². The highest BCUT2D eigenvalue weighted by molar-refractivity contribution is 7.19. The van der Waals surface area contributed by atoms with E-state index >= 15 is 0 Å². The lowest BCUT2D eigenvalue weighted by Crippen LogP contribution is -2.36. The van der Waals surface area contributed by atoms with Gasteiger partial charge in [0, 0.05) is 42.9 Å². The molecule has 4 heterocycles. The first-order valence-corrected chi connectivity index (χ1v) is 15.7. The van der Waals surface area contributed by atoms with Gasteiger partial charge in [-0.15, -0.1) is 11.3 Å². The molecule has 1 aliphatic heterocycles. The predicted molar refractivity (Wildman–Crippen MR) is 174 cm³/mol. The van der Waals surface area contributed by atoms with E-state index in [2.05, 4.69) is 25.2 Å². The Morgan fingerprint density at radius 1 is 1.16 bits per heavy atom. The third kappa shape index (κ3) is 8.04. The van der Waals surface area contributed by atoms with Crippen molar-refractivity contribution in [2.45, 2.75) is 45.6 Å². The molecule has 3 aromatic heterocycles. The van der Waals surface area contributed by atoms with E-state index in [1.807, 2.05) is 53.5 Å². The summed E-state index contributed by atoms with van der Waals surface area (Å²) in [7, 11) is 0. The van der Waals surface area contributed by atoms with E-state index in [0.717, 1.165) is 34.3 Å². The van der Waals surface area contributed by atoms with Gasteiger partial charge >= 0.3 is 0 Å². The molecule has 5 rings (SSSR count). The number of ether oxygens (including phenoxy) is 1. The summed E-state index contributed by atoms with van der Waals surface area (Å²) in [5.74, 6) is 1.29. The van der Waals surface area contributed by atoms with Crippen LogP contribution >= 0.6 is 22.9 Å². The number of halogens is 1. The summed E-state index contributed by atoms with van der Waals surface area (Å²) < 4.78 is 5.86. The van der Waals surface area contributed by atoms with Crippen LogP contribution in [0.3, 0.4) is 0 Å². The first-order chi connectivity index (χ1) is 21.3. The van der Waals surface area contributed by atoms with Crippen molar-refractivity contribution < 1.29 is 20.1 Å². The van der Waals surface area contributed by atoms with Gasteiger partial charge in [-0.3, -0.25) is 9.88 Å². The topological polar surface area (TPSA) is 127 Å². The van der Waals surface area contributed by atoms with E-state index in [4.69, 9.17) is 16.3 Å². The zero-order valence-corrected chi connectivity index (χ0v) is 26.3. The Morgan fingerprint density at radius 2 is 1.98 bits per heavy atom. The summed E-state index contributed by atoms with van der Waals surface area (Å²) in [6, 6.07) is 11.2. The highest BCUT2D eigenvalue weighted by atomic mass is 35.5. The Kier molecular flexibility index (Phi) is 10.7. The Bertz CT molecular complexity index is 1600. The van der Waals surface area contributed by atoms with Gasteiger partial charge in [0.2, 0.25) is 0 Å². The maximum Gasteiger partial charge on any atom is 0.142 e. The van der Waals surface area contributed by atoms with Gasteiger partial charge in [0.15, 0.2) is 0 Å². The molecule has 12 heteroatoms. The number of aliphatic hydroxyl groups is 3. The maximum atomic E-state index is 10.1. The number of hydrogen-bond acceptors (Lipinski definition) is 11. The standard InChI is InChI=1S/C32H37ClN6O4S/c1-21(41)15-38(16-22(2)42)12-5-7-25(18-40)39-13-10-26-29(17-39)44-32-30(26)31(35-20-36-32)37-23-8-9-28(27(33)14-23)43-19-24-6-3-4-11-34-24/h3-9,11,14,18,20-22,40-42H,10,12-13,15-17,19H2,1-2H3,(H,35,36,37)/b7-5+,25-18-. The van der Waals surface area contributed by atoms with Crippen LogP contribution in [0.4, 0.5) is 11.5 Å². The normalized spacial score (nSPS) is 15.1. The van der Waals surface area contributed by atoms with Crippen molar-refractivity contribution in [1.82, 2.24) is 24.8 Å². The molecule has 0 spiro atoms. The van der Waals surface area contributed by atoms with Crippen molar-refractivity contribution in [2.75, 3.05) is 31.5 Å². The molecule has 2 unspecified atom stereocenters. The van der Waals surface area contributed by atoms with Crippen LogP contribution in [0, 0.1) is 0 Å². The molecule has 10 nitrogen and oxygen atoms in total. The number of nitrogens with zero attached hydrogens (tertiary/aromatic N) is 5. The lowest BCUT2D eigenvalue weighted by Gasteiger charge is -2.29. The summed E-state index contributed by atoms with van der Waals surface area (Å²) in [5, 5.41) is 34.6. The fourth-order valence-corrected chi connectivity index (χ4v) is 6.67. The zero-order chi connectivity index (χ0) is 31.1. The molecular weight excluding hydrogens is 600 g/mol. The molecule has 0 aliphatic carbocycles. The largest absolute Gasteiger partial charge is 0.513 e. The fourth-order valence-electron chi connectivity index (χ4n) is 5.23. The number of aliphatic hydroxyl groups excluding tert-OH is 3. The van der Waals surface area contributed by atoms with E-state index in [1.54, 1.807) is 37.7 Å². The fraction of sp³-hybridized carbons (Fsp3) is 0.344. The minimum atomic E-state index is -0.501. The molecule has 0 radical (unpaired) electrons. The Hall–Kier alpha value is -3.74. The number of rotatable bonds is 13. The van der Waals surface area contributed by atoms with Crippen molar-refractivity contribution >= 4 is 44.7 Å². The molecule has 4 aromatic rings. The molecule has 4 N–H and O–H groups in total. The Morgan fingerprint density at radius 3 is 2.68 bits per heavy atom. The number of allylic oxidation sites excluding steroid dienone is 1. The molecule has 232 valence electrons. The summed E-state index contributed by atoms with van der Waals surface area (Å²) in [6.45, 7) is 6.57. The van der Waals surface area contributed by atoms with Crippen LogP contribution in [0.1, 0.15) is 30.0 Å². The van der Waals surface area contributed by atoms with E-state index < -0.39 is 12.2 Å². The lowest BCUT2D eigenvalue weighted by molar-refractivity contribution is 0.0906. The minimum absolute atomic E-state index is 0.325. The number of fused-ring (bicyclic) bond motifs is 3. The summed E-state index contributed by atoms with van der Waals surface area (Å²) in [5.41, 5.74) is 3.51. The van der Waals surface area contributed by atoms with Gasteiger partial charge in [-0.05, 0) is 62.2 Å². The number of nitrogens with one attached hydrogen (secondary N) is 1. The van der Waals surface area contributed by atoms with Gasteiger partial charge < -0.3 is 30.3 Å². The number of anilines is 2. The molecule has 2 atom stereocenters. The molecule has 44 heavy (non-hydrogen) atoms. The highest BCUT2D eigenvalue weighted by Gasteiger charge is 2.25. The molecule has 0 saturated carbocycles. The maximum absolute atomic E-state index is 10.1. The molecule has 0 bridgehead atoms. The summed E-state index contributed by atoms with van der Waals surface area (Å²) in [6.07, 6.45) is 8.01. The second kappa shape index (κ2) is 14.8. The van der Waals surface area contributed by atoms with Crippen molar-refractivity contribution in [2.24, 2.45) is 0 Å². The third-order valence-corrected chi connectivity index (χ3v) is 8.55. The van der Waals surface area contributed by atoms with Crippen LogP contribution in [0.5, 0.6) is 5.75 Å². The minimum Gasteiger partial charge on any atom is -0.513 e. The first-order valence-electron chi connectivity index (χ1n) is 14.5. The number of aromatic nitrogens is 3. The quantitative estimate of drug-likeness (QED) is 0.111. The van der Waals surface area contributed by atoms with Crippen LogP contribution in [0.25, 0.3) is 10.2 Å². The van der Waals surface area contributed by atoms with Crippen LogP contribution in [-0.4, -0.2) is 78.5 Å². The van der Waals surface area contributed by atoms with E-state index in [1.165, 1.54) is 10.4 Å². The second-order valence-corrected chi connectivity index (χ2v) is 12.3. The monoisotopic (exact) mass is 636 g/mol. The van der Waals surface area contributed by atoms with E-state index in [0.29, 0.717) is 61.6 Å². The lowest BCUT2D eigenvalue weighted by atomic mass is 10.0. The average Bonchev–Trinajstić information content (AvgIpc) is 3.37. The third-order valence-electron chi connectivity index (χ3n) is 7.13. The average molecular weight is 637 g/mol. The molecule has 0 fully saturated rings. The number of thiophene rings is 1. The molecule has 1 aliphatic rings. The van der Waals surface area contributed by atoms with E-state index in [9.17, 15) is 15.3 Å². The van der Waals surface area contributed by atoms with Crippen molar-refractivity contribution in [3.05, 3.63) is 94.2 Å². The van der Waals surface area contributed by atoms with Crippen LogP contribution in [-0.2, 0) is 19.6 Å². The van der Waals surface area contributed by atoms with Crippen molar-refractivity contribution in [3.8, 4) is 5.75 Å². The van der Waals surface area contributed by atoms with Crippen molar-refractivity contribution in [3.63, 3.8) is 0 Å². The first kappa shape index (κ1) is 31.7. The van der Waals surface area contributed by atoms with Crippen LogP contribution < -0.4 is 10.1 Å². The van der Waals surface area contributed by atoms with Gasteiger partial charge in [0.1, 0.15) is 35.6 Å². The SMILES string of the molecule is CC(O)CN(C/C=C/C(=C/O)N1CCc2c(sc3ncnc(Nc4ccc(OCc5ccccn5)c(Cl)c4)c23)C1)CC(C)O. The summed E-state index contributed by atoms with van der Waals surface area (Å²) in [4.78, 5) is 19.6. The summed E-state index contributed by atoms with van der Waals surface area (Å²) >= 11 is 8.18. The Balaban J connectivity index is 1.27. The van der Waals surface area contributed by atoms with Crippen molar-refractivity contribution in [1.29, 1.82) is 0 Å². The Labute approximate surface area is 265 Å². The van der Waals surface area contributed by atoms with Gasteiger partial charge in [0.25, 0.3) is 0 Å².